The summed E-state index contributed by atoms with van der Waals surface area (Å²) in [7, 11) is 1.17. The van der Waals surface area contributed by atoms with Crippen molar-refractivity contribution in [1.29, 1.82) is 0 Å². The van der Waals surface area contributed by atoms with Gasteiger partial charge in [0.15, 0.2) is 0 Å². The molecule has 0 radical (unpaired) electrons. The first-order valence-corrected chi connectivity index (χ1v) is 36.0. The number of phosphoric acid groups is 1. The summed E-state index contributed by atoms with van der Waals surface area (Å²) in [6, 6.07) is -0.898. The van der Waals surface area contributed by atoms with Crippen molar-refractivity contribution in [3.63, 3.8) is 0 Å². The molecule has 0 saturated carbocycles. The molecule has 0 aromatic rings. The molecule has 0 saturated heterocycles. The monoisotopic (exact) mass is 1180 g/mol. The third-order valence-electron chi connectivity index (χ3n) is 15.0. The van der Waals surface area contributed by atoms with E-state index >= 15 is 0 Å². The second-order valence-electron chi connectivity index (χ2n) is 24.3. The zero-order chi connectivity index (χ0) is 60.7. The summed E-state index contributed by atoms with van der Waals surface area (Å²) in [4.78, 5) is 40.1. The van der Waals surface area contributed by atoms with E-state index in [4.69, 9.17) is 13.8 Å². The number of esters is 1. The lowest BCUT2D eigenvalue weighted by atomic mass is 10.0. The average molecular weight is 1180 g/mol. The predicted molar refractivity (Wildman–Crippen MR) is 358 cm³/mol. The third kappa shape index (κ3) is 63.3. The highest BCUT2D eigenvalue weighted by atomic mass is 31.2. The van der Waals surface area contributed by atoms with Crippen molar-refractivity contribution in [2.75, 3.05) is 40.9 Å². The Morgan fingerprint density at radius 1 is 0.434 bits per heavy atom. The number of hydrogen-bond acceptors (Lipinski definition) is 7. The van der Waals surface area contributed by atoms with Crippen LogP contribution in [0.3, 0.4) is 0 Å². The first kappa shape index (κ1) is 79.9. The highest BCUT2D eigenvalue weighted by molar-refractivity contribution is 7.45. The first-order valence-electron chi connectivity index (χ1n) is 34.5. The Balaban J connectivity index is 5.08. The highest BCUT2D eigenvalue weighted by Gasteiger charge is 2.27. The van der Waals surface area contributed by atoms with Gasteiger partial charge < -0.3 is 28.5 Å². The topological polar surface area (TPSA) is 114 Å². The van der Waals surface area contributed by atoms with Gasteiger partial charge >= 0.3 is 5.97 Å². The van der Waals surface area contributed by atoms with Gasteiger partial charge in [-0.05, 0) is 109 Å². The lowest BCUT2D eigenvalue weighted by Gasteiger charge is -2.30. The predicted octanol–water partition coefficient (Wildman–Crippen LogP) is 21.3. The molecule has 0 fully saturated rings. The van der Waals surface area contributed by atoms with Crippen molar-refractivity contribution in [2.45, 2.75) is 315 Å². The molecule has 0 rings (SSSR count). The second-order valence-corrected chi connectivity index (χ2v) is 25.7. The Kier molecular flexibility index (Phi) is 59.7. The molecule has 0 aliphatic carbocycles. The summed E-state index contributed by atoms with van der Waals surface area (Å²) in [6.45, 7) is 6.73. The van der Waals surface area contributed by atoms with Crippen molar-refractivity contribution >= 4 is 19.7 Å². The van der Waals surface area contributed by atoms with E-state index in [0.717, 1.165) is 116 Å². The fourth-order valence-electron chi connectivity index (χ4n) is 9.70. The van der Waals surface area contributed by atoms with Gasteiger partial charge in [-0.2, -0.15) is 0 Å². The molecule has 0 aliphatic heterocycles. The minimum Gasteiger partial charge on any atom is -0.756 e. The normalized spacial score (nSPS) is 14.2. The summed E-state index contributed by atoms with van der Waals surface area (Å²) >= 11 is 0. The molecule has 3 atom stereocenters. The Morgan fingerprint density at radius 2 is 0.771 bits per heavy atom. The Labute approximate surface area is 513 Å². The SMILES string of the molecule is CC/C=C\C/C=C\C/C=C\C/C=C\C/C=C\C/C=C\CCCCCCCCCCC(=O)OC(/C=C\CCCCCCCCCCC)C(COP(=O)([O-])OCC[N+](C)(C)C)NC(=O)CCCCCCCCCCC/C=C/CCCCCCCC. The van der Waals surface area contributed by atoms with Gasteiger partial charge in [0.2, 0.25) is 5.91 Å². The maximum Gasteiger partial charge on any atom is 0.306 e. The number of unbranched alkanes of at least 4 members (excludes halogenated alkanes) is 32. The fourth-order valence-corrected chi connectivity index (χ4v) is 10.4. The first-order chi connectivity index (χ1) is 40.4. The van der Waals surface area contributed by atoms with E-state index in [1.165, 1.54) is 154 Å². The van der Waals surface area contributed by atoms with Crippen LogP contribution >= 0.6 is 7.82 Å². The molecule has 1 amide bonds. The van der Waals surface area contributed by atoms with Gasteiger partial charge in [-0.1, -0.05) is 279 Å². The van der Waals surface area contributed by atoms with Crippen LogP contribution in [0.1, 0.15) is 303 Å². The van der Waals surface area contributed by atoms with E-state index in [9.17, 15) is 19.0 Å². The van der Waals surface area contributed by atoms with Crippen molar-refractivity contribution in [2.24, 2.45) is 0 Å². The Bertz CT molecular complexity index is 1740. The summed E-state index contributed by atoms with van der Waals surface area (Å²) in [5.41, 5.74) is 0. The van der Waals surface area contributed by atoms with E-state index < -0.39 is 26.6 Å². The lowest BCUT2D eigenvalue weighted by molar-refractivity contribution is -0.870. The quantitative estimate of drug-likeness (QED) is 0.0212. The third-order valence-corrected chi connectivity index (χ3v) is 16.0. The van der Waals surface area contributed by atoms with E-state index in [-0.39, 0.29) is 24.9 Å². The van der Waals surface area contributed by atoms with Crippen molar-refractivity contribution in [3.05, 3.63) is 97.2 Å². The van der Waals surface area contributed by atoms with Crippen LogP contribution in [0.2, 0.25) is 0 Å². The van der Waals surface area contributed by atoms with Gasteiger partial charge in [-0.3, -0.25) is 14.2 Å². The van der Waals surface area contributed by atoms with Gasteiger partial charge in [0.1, 0.15) is 19.3 Å². The van der Waals surface area contributed by atoms with Gasteiger partial charge in [0.05, 0.1) is 33.8 Å². The molecule has 83 heavy (non-hydrogen) atoms. The molecule has 0 heterocycles. The minimum atomic E-state index is -4.71. The lowest BCUT2D eigenvalue weighted by Crippen LogP contribution is -2.47. The van der Waals surface area contributed by atoms with E-state index in [1.807, 2.05) is 33.3 Å². The Hall–Kier alpha value is -3.07. The number of quaternary nitrogens is 1. The zero-order valence-corrected chi connectivity index (χ0v) is 55.8. The molecule has 3 unspecified atom stereocenters. The number of likely N-dealkylation sites (N-methyl/N-ethyl adjacent to an activating group) is 1. The fraction of sp³-hybridized carbons (Fsp3) is 0.753. The number of amides is 1. The molecule has 10 heteroatoms. The Morgan fingerprint density at radius 3 is 1.17 bits per heavy atom. The van der Waals surface area contributed by atoms with Gasteiger partial charge in [-0.25, -0.2) is 0 Å². The maximum atomic E-state index is 13.6. The van der Waals surface area contributed by atoms with Gasteiger partial charge in [0, 0.05) is 12.8 Å². The molecule has 1 N–H and O–H groups in total. The van der Waals surface area contributed by atoms with E-state index in [1.54, 1.807) is 0 Å². The van der Waals surface area contributed by atoms with Crippen LogP contribution in [-0.2, 0) is 27.9 Å². The number of allylic oxidation sites excluding steroid dienone is 15. The van der Waals surface area contributed by atoms with Crippen LogP contribution in [0.4, 0.5) is 0 Å². The highest BCUT2D eigenvalue weighted by Crippen LogP contribution is 2.38. The van der Waals surface area contributed by atoms with Crippen molar-refractivity contribution in [1.82, 2.24) is 5.32 Å². The van der Waals surface area contributed by atoms with Gasteiger partial charge in [0.25, 0.3) is 7.82 Å². The number of carbonyl (C=O) groups excluding carboxylic acids is 2. The number of nitrogens with zero attached hydrogens (tertiary/aromatic N) is 1. The summed E-state index contributed by atoms with van der Waals surface area (Å²) in [5.74, 6) is -0.551. The molecular weight excluding hydrogens is 1050 g/mol. The number of nitrogens with one attached hydrogen (secondary N) is 1. The molecule has 480 valence electrons. The number of ether oxygens (including phenoxy) is 1. The summed E-state index contributed by atoms with van der Waals surface area (Å²) in [5, 5.41) is 3.03. The van der Waals surface area contributed by atoms with Crippen LogP contribution in [0, 0.1) is 0 Å². The average Bonchev–Trinajstić information content (AvgIpc) is 3.51. The zero-order valence-electron chi connectivity index (χ0n) is 54.9. The summed E-state index contributed by atoms with van der Waals surface area (Å²) in [6.07, 6.45) is 83.8. The number of rotatable bonds is 62. The van der Waals surface area contributed by atoms with E-state index in [2.05, 4.69) is 111 Å². The largest absolute Gasteiger partial charge is 0.756 e. The van der Waals surface area contributed by atoms with E-state index in [0.29, 0.717) is 17.4 Å². The molecule has 9 nitrogen and oxygen atoms in total. The second kappa shape index (κ2) is 62.0. The number of carbonyl (C=O) groups is 2. The molecule has 0 aromatic heterocycles. The molecule has 0 bridgehead atoms. The van der Waals surface area contributed by atoms with Crippen molar-refractivity contribution in [3.8, 4) is 0 Å². The number of phosphoric ester groups is 1. The van der Waals surface area contributed by atoms with Crippen LogP contribution in [0.5, 0.6) is 0 Å². The van der Waals surface area contributed by atoms with Crippen LogP contribution in [-0.4, -0.2) is 69.4 Å². The molecule has 0 aromatic carbocycles. The maximum absolute atomic E-state index is 13.6. The van der Waals surface area contributed by atoms with Crippen molar-refractivity contribution < 1.29 is 37.3 Å². The molecule has 0 aliphatic rings. The summed E-state index contributed by atoms with van der Waals surface area (Å²) < 4.78 is 30.4. The smallest absolute Gasteiger partial charge is 0.306 e. The molecular formula is C73H131N2O7P. The van der Waals surface area contributed by atoms with Crippen LogP contribution in [0.15, 0.2) is 97.2 Å². The minimum absolute atomic E-state index is 0.0274. The number of hydrogen-bond donors (Lipinski definition) is 1. The standard InChI is InChI=1S/C73H131N2O7P/c1-7-10-13-16-19-22-25-27-29-31-33-34-35-36-37-38-39-40-42-44-46-48-51-54-57-60-63-66-73(77)82-71(64-61-58-55-52-49-24-21-18-15-12-9-3)70(69-81-83(78,79)80-68-67-75(4,5)6)74-72(76)65-62-59-56-53-50-47-45-43-41-32-30-28-26-23-20-17-14-11-8-2/h10,13,19,22,27-30,33-34,36-37,39-40,61,64,70-71H,7-9,11-12,14-18,20-21,23-26,31-32,35,38,41-60,62-63,65-69H2,1-6H3,(H-,74,76,78,79)/b13-10-,22-19-,29-27-,30-28+,34-33-,37-36-,40-39-,64-61-. The van der Waals surface area contributed by atoms with Crippen LogP contribution < -0.4 is 10.2 Å². The van der Waals surface area contributed by atoms with Gasteiger partial charge in [-0.15, -0.1) is 0 Å². The molecule has 0 spiro atoms. The van der Waals surface area contributed by atoms with Crippen LogP contribution in [0.25, 0.3) is 0 Å².